The molecule has 3 aliphatic rings. The number of piperidine rings is 1. The van der Waals surface area contributed by atoms with Crippen molar-refractivity contribution < 1.29 is 9.59 Å². The minimum absolute atomic E-state index is 0.00744. The summed E-state index contributed by atoms with van der Waals surface area (Å²) in [5.41, 5.74) is 6.22. The van der Waals surface area contributed by atoms with E-state index in [9.17, 15) is 9.59 Å². The Balaban J connectivity index is 1.28. The molecule has 3 aromatic carbocycles. The molecule has 2 fully saturated rings. The second kappa shape index (κ2) is 9.90. The number of carbonyl (C=O) groups is 2. The SMILES string of the molecule is Cc1cc(C)cc(N2C(=O)[C@@H](C)S[C@@]23C(=O)N(CN2CCC(Cc4ccccc4)CC2)c2ccccc23)c1. The first-order valence-corrected chi connectivity index (χ1v) is 14.5. The van der Waals surface area contributed by atoms with E-state index in [1.54, 1.807) is 4.90 Å². The molecule has 0 saturated carbocycles. The van der Waals surface area contributed by atoms with Crippen molar-refractivity contribution in [3.8, 4) is 0 Å². The molecular weight excluding hydrogens is 490 g/mol. The number of benzene rings is 3. The molecule has 0 aromatic heterocycles. The Labute approximate surface area is 229 Å². The van der Waals surface area contributed by atoms with Gasteiger partial charge in [-0.15, -0.1) is 11.8 Å². The highest BCUT2D eigenvalue weighted by molar-refractivity contribution is 8.03. The fraction of sp³-hybridized carbons (Fsp3) is 0.375. The third-order valence-corrected chi connectivity index (χ3v) is 9.68. The van der Waals surface area contributed by atoms with Gasteiger partial charge in [0.15, 0.2) is 0 Å². The van der Waals surface area contributed by atoms with Crippen LogP contribution in [0.1, 0.15) is 42.0 Å². The Morgan fingerprint density at radius 2 is 1.55 bits per heavy atom. The third-order valence-electron chi connectivity index (χ3n) is 8.21. The maximum absolute atomic E-state index is 14.5. The summed E-state index contributed by atoms with van der Waals surface area (Å²) in [5.74, 6) is 0.657. The number of anilines is 2. The van der Waals surface area contributed by atoms with Crippen molar-refractivity contribution in [3.05, 3.63) is 95.1 Å². The Morgan fingerprint density at radius 3 is 2.26 bits per heavy atom. The first-order chi connectivity index (χ1) is 18.4. The zero-order chi connectivity index (χ0) is 26.4. The molecule has 38 heavy (non-hydrogen) atoms. The van der Waals surface area contributed by atoms with Crippen molar-refractivity contribution in [3.63, 3.8) is 0 Å². The molecule has 1 spiro atoms. The Morgan fingerprint density at radius 1 is 0.895 bits per heavy atom. The molecule has 2 amide bonds. The van der Waals surface area contributed by atoms with Gasteiger partial charge in [0.1, 0.15) is 0 Å². The number of hydrogen-bond donors (Lipinski definition) is 0. The molecule has 2 saturated heterocycles. The van der Waals surface area contributed by atoms with Crippen LogP contribution in [0.25, 0.3) is 0 Å². The van der Waals surface area contributed by atoms with Crippen LogP contribution >= 0.6 is 11.8 Å². The van der Waals surface area contributed by atoms with E-state index in [2.05, 4.69) is 41.3 Å². The molecule has 6 heteroatoms. The highest BCUT2D eigenvalue weighted by atomic mass is 32.2. The first kappa shape index (κ1) is 25.2. The number of fused-ring (bicyclic) bond motifs is 2. The van der Waals surface area contributed by atoms with Gasteiger partial charge in [-0.1, -0.05) is 54.6 Å². The summed E-state index contributed by atoms with van der Waals surface area (Å²) in [6.07, 6.45) is 3.37. The highest BCUT2D eigenvalue weighted by Crippen LogP contribution is 2.58. The lowest BCUT2D eigenvalue weighted by Gasteiger charge is -2.36. The topological polar surface area (TPSA) is 43.9 Å². The van der Waals surface area contributed by atoms with Gasteiger partial charge in [-0.2, -0.15) is 0 Å². The lowest BCUT2D eigenvalue weighted by molar-refractivity contribution is -0.124. The highest BCUT2D eigenvalue weighted by Gasteiger charge is 2.63. The van der Waals surface area contributed by atoms with Crippen molar-refractivity contribution in [2.24, 2.45) is 5.92 Å². The summed E-state index contributed by atoms with van der Waals surface area (Å²) in [5, 5.41) is -0.304. The van der Waals surface area contributed by atoms with Crippen molar-refractivity contribution in [2.45, 2.75) is 50.2 Å². The zero-order valence-electron chi connectivity index (χ0n) is 22.4. The monoisotopic (exact) mass is 525 g/mol. The van der Waals surface area contributed by atoms with Crippen molar-refractivity contribution in [1.29, 1.82) is 0 Å². The summed E-state index contributed by atoms with van der Waals surface area (Å²) in [6, 6.07) is 25.0. The van der Waals surface area contributed by atoms with E-state index in [0.29, 0.717) is 12.6 Å². The molecule has 3 aromatic rings. The van der Waals surface area contributed by atoms with Crippen LogP contribution in [0.4, 0.5) is 11.4 Å². The van der Waals surface area contributed by atoms with Crippen LogP contribution in [-0.4, -0.2) is 41.7 Å². The first-order valence-electron chi connectivity index (χ1n) is 13.6. The average Bonchev–Trinajstić information content (AvgIpc) is 3.30. The molecular formula is C32H35N3O2S. The van der Waals surface area contributed by atoms with E-state index in [0.717, 1.165) is 60.4 Å². The number of amides is 2. The largest absolute Gasteiger partial charge is 0.295 e. The number of rotatable bonds is 5. The maximum Gasteiger partial charge on any atom is 0.269 e. The summed E-state index contributed by atoms with van der Waals surface area (Å²) >= 11 is 1.48. The number of hydrogen-bond acceptors (Lipinski definition) is 4. The van der Waals surface area contributed by atoms with Crippen molar-refractivity contribution in [2.75, 3.05) is 29.6 Å². The molecule has 0 N–H and O–H groups in total. The predicted octanol–water partition coefficient (Wildman–Crippen LogP) is 5.88. The summed E-state index contributed by atoms with van der Waals surface area (Å²) in [7, 11) is 0. The fourth-order valence-electron chi connectivity index (χ4n) is 6.44. The standard InChI is InChI=1S/C32H35N3O2S/c1-22-17-23(2)19-27(18-22)35-30(36)24(3)38-32(35)28-11-7-8-12-29(28)34(31(32)37)21-33-15-13-26(14-16-33)20-25-9-5-4-6-10-25/h4-12,17-19,24,26H,13-16,20-21H2,1-3H3/t24-,32+/m1/s1. The number of para-hydroxylation sites is 1. The maximum atomic E-state index is 14.5. The fourth-order valence-corrected chi connectivity index (χ4v) is 7.97. The second-order valence-electron chi connectivity index (χ2n) is 11.1. The summed E-state index contributed by atoms with van der Waals surface area (Å²) in [4.78, 5) is 33.2. The molecule has 6 rings (SSSR count). The minimum atomic E-state index is -1.07. The zero-order valence-corrected chi connectivity index (χ0v) is 23.2. The smallest absolute Gasteiger partial charge is 0.269 e. The molecule has 0 bridgehead atoms. The number of carbonyl (C=O) groups excluding carboxylic acids is 2. The van der Waals surface area contributed by atoms with Crippen molar-refractivity contribution >= 4 is 35.0 Å². The van der Waals surface area contributed by atoms with Gasteiger partial charge in [0.05, 0.1) is 17.6 Å². The Kier molecular flexibility index (Phi) is 6.57. The Bertz CT molecular complexity index is 1350. The number of thioether (sulfide) groups is 1. The number of nitrogens with zero attached hydrogens (tertiary/aromatic N) is 3. The van der Waals surface area contributed by atoms with Gasteiger partial charge in [0.25, 0.3) is 5.91 Å². The van der Waals surface area contributed by atoms with E-state index >= 15 is 0 Å². The molecule has 2 atom stereocenters. The van der Waals surface area contributed by atoms with E-state index < -0.39 is 4.87 Å². The third kappa shape index (κ3) is 4.24. The quantitative estimate of drug-likeness (QED) is 0.417. The molecule has 0 unspecified atom stereocenters. The molecule has 0 radical (unpaired) electrons. The van der Waals surface area contributed by atoms with Crippen LogP contribution in [0.5, 0.6) is 0 Å². The van der Waals surface area contributed by atoms with E-state index in [1.165, 1.54) is 17.3 Å². The minimum Gasteiger partial charge on any atom is -0.295 e. The number of likely N-dealkylation sites (tertiary alicyclic amines) is 1. The lowest BCUT2D eigenvalue weighted by Crippen LogP contribution is -2.52. The van der Waals surface area contributed by atoms with Gasteiger partial charge in [-0.25, -0.2) is 0 Å². The molecule has 196 valence electrons. The van der Waals surface area contributed by atoms with Gasteiger partial charge in [0, 0.05) is 24.3 Å². The van der Waals surface area contributed by atoms with Crippen LogP contribution in [-0.2, 0) is 20.9 Å². The molecule has 5 nitrogen and oxygen atoms in total. The van der Waals surface area contributed by atoms with E-state index in [1.807, 2.05) is 62.1 Å². The summed E-state index contributed by atoms with van der Waals surface area (Å²) in [6.45, 7) is 8.50. The molecule has 0 aliphatic carbocycles. The van der Waals surface area contributed by atoms with Gasteiger partial charge < -0.3 is 0 Å². The van der Waals surface area contributed by atoms with Crippen LogP contribution in [0.3, 0.4) is 0 Å². The van der Waals surface area contributed by atoms with Crippen molar-refractivity contribution in [1.82, 2.24) is 4.90 Å². The lowest BCUT2D eigenvalue weighted by atomic mass is 9.90. The van der Waals surface area contributed by atoms with Gasteiger partial charge >= 0.3 is 0 Å². The second-order valence-corrected chi connectivity index (χ2v) is 12.6. The van der Waals surface area contributed by atoms with Crippen LogP contribution in [0.2, 0.25) is 0 Å². The normalized spacial score (nSPS) is 24.0. The van der Waals surface area contributed by atoms with Gasteiger partial charge in [-0.05, 0) is 80.8 Å². The van der Waals surface area contributed by atoms with Gasteiger partial charge in [0.2, 0.25) is 10.8 Å². The predicted molar refractivity (Wildman–Crippen MR) is 155 cm³/mol. The Hall–Kier alpha value is -3.09. The van der Waals surface area contributed by atoms with E-state index in [-0.39, 0.29) is 17.1 Å². The number of aryl methyl sites for hydroxylation is 2. The molecule has 3 heterocycles. The average molecular weight is 526 g/mol. The van der Waals surface area contributed by atoms with Gasteiger partial charge in [-0.3, -0.25) is 24.3 Å². The van der Waals surface area contributed by atoms with Crippen LogP contribution in [0.15, 0.2) is 72.8 Å². The van der Waals surface area contributed by atoms with E-state index in [4.69, 9.17) is 0 Å². The van der Waals surface area contributed by atoms with Crippen LogP contribution in [0, 0.1) is 19.8 Å². The molecule has 3 aliphatic heterocycles. The summed E-state index contributed by atoms with van der Waals surface area (Å²) < 4.78 is 0. The van der Waals surface area contributed by atoms with Crippen LogP contribution < -0.4 is 9.80 Å².